The maximum atomic E-state index is 6.52. The molecule has 198 valence electrons. The maximum Gasteiger partial charge on any atom is 0.137 e. The van der Waals surface area contributed by atoms with E-state index in [4.69, 9.17) is 9.40 Å². The number of aromatic nitrogens is 1. The van der Waals surface area contributed by atoms with Crippen molar-refractivity contribution < 1.29 is 4.42 Å². The summed E-state index contributed by atoms with van der Waals surface area (Å²) in [6, 6.07) is 47.0. The second-order valence-electron chi connectivity index (χ2n) is 10.4. The average Bonchev–Trinajstić information content (AvgIpc) is 3.75. The molecule has 0 saturated carbocycles. The minimum absolute atomic E-state index is 0.854. The molecule has 9 aromatic rings. The quantitative estimate of drug-likeness (QED) is 0.209. The molecule has 6 aromatic carbocycles. The lowest BCUT2D eigenvalue weighted by Gasteiger charge is -2.26. The summed E-state index contributed by atoms with van der Waals surface area (Å²) in [7, 11) is 0. The van der Waals surface area contributed by atoms with E-state index < -0.39 is 0 Å². The smallest absolute Gasteiger partial charge is 0.137 e. The van der Waals surface area contributed by atoms with Gasteiger partial charge in [-0.2, -0.15) is 0 Å². The van der Waals surface area contributed by atoms with Gasteiger partial charge in [0, 0.05) is 48.6 Å². The summed E-state index contributed by atoms with van der Waals surface area (Å²) in [4.78, 5) is 7.44. The lowest BCUT2D eigenvalue weighted by molar-refractivity contribution is 0.669. The number of hydrogen-bond acceptors (Lipinski definition) is 5. The van der Waals surface area contributed by atoms with E-state index in [0.29, 0.717) is 0 Å². The zero-order chi connectivity index (χ0) is 27.6. The molecule has 3 heterocycles. The minimum Gasteiger partial charge on any atom is -0.456 e. The predicted octanol–water partition coefficient (Wildman–Crippen LogP) is 11.7. The van der Waals surface area contributed by atoms with Crippen LogP contribution in [-0.4, -0.2) is 4.98 Å². The highest BCUT2D eigenvalue weighted by Crippen LogP contribution is 2.46. The van der Waals surface area contributed by atoms with Crippen LogP contribution in [0, 0.1) is 0 Å². The van der Waals surface area contributed by atoms with Crippen LogP contribution >= 0.6 is 22.7 Å². The van der Waals surface area contributed by atoms with E-state index in [2.05, 4.69) is 132 Å². The fourth-order valence-corrected chi connectivity index (χ4v) is 8.14. The number of hydrogen-bond donors (Lipinski definition) is 0. The number of thiazole rings is 1. The van der Waals surface area contributed by atoms with Crippen molar-refractivity contribution in [2.24, 2.45) is 0 Å². The van der Waals surface area contributed by atoms with Gasteiger partial charge in [0.15, 0.2) is 0 Å². The first-order chi connectivity index (χ1) is 20.8. The molecule has 0 N–H and O–H groups in total. The molecule has 0 aliphatic carbocycles. The summed E-state index contributed by atoms with van der Waals surface area (Å²) in [5.74, 6) is 0. The molecule has 0 spiro atoms. The molecule has 0 radical (unpaired) electrons. The third-order valence-corrected chi connectivity index (χ3v) is 10.1. The van der Waals surface area contributed by atoms with Crippen LogP contribution in [0.15, 0.2) is 138 Å². The molecule has 0 aliphatic heterocycles. The maximum absolute atomic E-state index is 6.52. The molecule has 3 nitrogen and oxygen atoms in total. The molecule has 0 saturated heterocycles. The normalized spacial score (nSPS) is 11.8. The summed E-state index contributed by atoms with van der Waals surface area (Å²) in [5, 5.41) is 5.72. The fraction of sp³-hybridized carbons (Fsp3) is 0. The highest BCUT2D eigenvalue weighted by atomic mass is 32.1. The first kappa shape index (κ1) is 23.7. The van der Waals surface area contributed by atoms with Gasteiger partial charge in [-0.15, -0.1) is 22.7 Å². The number of para-hydroxylation sites is 1. The number of benzene rings is 6. The molecule has 0 amide bonds. The number of anilines is 3. The van der Waals surface area contributed by atoms with Crippen molar-refractivity contribution in [2.75, 3.05) is 4.90 Å². The van der Waals surface area contributed by atoms with Gasteiger partial charge in [0.1, 0.15) is 16.2 Å². The zero-order valence-corrected chi connectivity index (χ0v) is 24.0. The molecule has 0 fully saturated rings. The molecule has 42 heavy (non-hydrogen) atoms. The van der Waals surface area contributed by atoms with Crippen molar-refractivity contribution in [3.05, 3.63) is 133 Å². The fourth-order valence-electron chi connectivity index (χ4n) is 6.03. The van der Waals surface area contributed by atoms with Gasteiger partial charge in [-0.3, -0.25) is 0 Å². The number of fused-ring (bicyclic) bond motifs is 8. The molecule has 0 unspecified atom stereocenters. The second kappa shape index (κ2) is 9.28. The van der Waals surface area contributed by atoms with Crippen LogP contribution in [0.2, 0.25) is 0 Å². The van der Waals surface area contributed by atoms with Gasteiger partial charge < -0.3 is 9.32 Å². The minimum atomic E-state index is 0.854. The number of furan rings is 1. The van der Waals surface area contributed by atoms with Gasteiger partial charge >= 0.3 is 0 Å². The van der Waals surface area contributed by atoms with Gasteiger partial charge in [0.05, 0.1) is 21.3 Å². The van der Waals surface area contributed by atoms with Crippen LogP contribution in [0.3, 0.4) is 0 Å². The SMILES string of the molecule is c1ccc(-c2nc3c(ccc4oc5cc(N(c6ccccc6)c6cccc7sc8ccccc8c67)ccc5c43)s2)cc1. The van der Waals surface area contributed by atoms with E-state index >= 15 is 0 Å². The molecule has 0 aliphatic rings. The van der Waals surface area contributed by atoms with Crippen molar-refractivity contribution in [3.8, 4) is 10.6 Å². The number of nitrogens with zero attached hydrogens (tertiary/aromatic N) is 2. The molecule has 9 rings (SSSR count). The Labute approximate surface area is 249 Å². The topological polar surface area (TPSA) is 29.3 Å². The summed E-state index contributed by atoms with van der Waals surface area (Å²) in [5.41, 5.74) is 7.15. The Morgan fingerprint density at radius 3 is 2.19 bits per heavy atom. The van der Waals surface area contributed by atoms with Gasteiger partial charge in [-0.25, -0.2) is 4.98 Å². The Morgan fingerprint density at radius 2 is 1.31 bits per heavy atom. The number of rotatable bonds is 4. The summed E-state index contributed by atoms with van der Waals surface area (Å²) >= 11 is 3.56. The Kier molecular flexibility index (Phi) is 5.24. The average molecular weight is 575 g/mol. The molecular weight excluding hydrogens is 553 g/mol. The molecular formula is C37H22N2OS2. The van der Waals surface area contributed by atoms with E-state index in [1.807, 2.05) is 17.4 Å². The second-order valence-corrected chi connectivity index (χ2v) is 12.5. The van der Waals surface area contributed by atoms with Crippen LogP contribution in [-0.2, 0) is 0 Å². The first-order valence-corrected chi connectivity index (χ1v) is 15.5. The summed E-state index contributed by atoms with van der Waals surface area (Å²) in [6.07, 6.45) is 0. The lowest BCUT2D eigenvalue weighted by atomic mass is 10.1. The predicted molar refractivity (Wildman–Crippen MR) is 180 cm³/mol. The highest BCUT2D eigenvalue weighted by molar-refractivity contribution is 7.26. The zero-order valence-electron chi connectivity index (χ0n) is 22.3. The van der Waals surface area contributed by atoms with E-state index in [-0.39, 0.29) is 0 Å². The molecule has 3 aromatic heterocycles. The van der Waals surface area contributed by atoms with E-state index in [1.54, 1.807) is 11.3 Å². The van der Waals surface area contributed by atoms with Crippen LogP contribution < -0.4 is 4.90 Å². The van der Waals surface area contributed by atoms with Crippen molar-refractivity contribution in [1.82, 2.24) is 4.98 Å². The third kappa shape index (κ3) is 3.61. The van der Waals surface area contributed by atoms with E-state index in [9.17, 15) is 0 Å². The van der Waals surface area contributed by atoms with Crippen molar-refractivity contribution >= 4 is 92.1 Å². The molecule has 5 heteroatoms. The third-order valence-electron chi connectivity index (χ3n) is 7.89. The Balaban J connectivity index is 1.27. The largest absolute Gasteiger partial charge is 0.456 e. The van der Waals surface area contributed by atoms with Crippen LogP contribution in [0.25, 0.3) is 62.9 Å². The van der Waals surface area contributed by atoms with Gasteiger partial charge in [-0.05, 0) is 54.6 Å². The Bertz CT molecular complexity index is 2420. The molecule has 0 bridgehead atoms. The van der Waals surface area contributed by atoms with Gasteiger partial charge in [-0.1, -0.05) is 72.8 Å². The van der Waals surface area contributed by atoms with Gasteiger partial charge in [0.25, 0.3) is 0 Å². The lowest BCUT2D eigenvalue weighted by Crippen LogP contribution is -2.10. The van der Waals surface area contributed by atoms with Crippen LogP contribution in [0.1, 0.15) is 0 Å². The Hall–Kier alpha value is -4.97. The van der Waals surface area contributed by atoms with Crippen LogP contribution in [0.5, 0.6) is 0 Å². The van der Waals surface area contributed by atoms with E-state index in [0.717, 1.165) is 59.8 Å². The standard InChI is InChI=1S/C37H22N2OS2/c1-3-10-23(11-4-1)37-38-36-33(42-37)21-20-29-35(36)26-19-18-25(22-30(26)40-29)39(24-12-5-2-6-13-24)28-15-9-17-32-34(28)27-14-7-8-16-31(27)41-32/h1-22H. The van der Waals surface area contributed by atoms with Crippen LogP contribution in [0.4, 0.5) is 17.1 Å². The highest BCUT2D eigenvalue weighted by Gasteiger charge is 2.21. The summed E-state index contributed by atoms with van der Waals surface area (Å²) in [6.45, 7) is 0. The summed E-state index contributed by atoms with van der Waals surface area (Å²) < 4.78 is 10.3. The monoisotopic (exact) mass is 574 g/mol. The van der Waals surface area contributed by atoms with Crippen molar-refractivity contribution in [1.29, 1.82) is 0 Å². The van der Waals surface area contributed by atoms with Crippen molar-refractivity contribution in [3.63, 3.8) is 0 Å². The van der Waals surface area contributed by atoms with Crippen molar-refractivity contribution in [2.45, 2.75) is 0 Å². The first-order valence-electron chi connectivity index (χ1n) is 13.9. The van der Waals surface area contributed by atoms with Gasteiger partial charge in [0.2, 0.25) is 0 Å². The number of thiophene rings is 1. The van der Waals surface area contributed by atoms with E-state index in [1.165, 1.54) is 20.2 Å². The Morgan fingerprint density at radius 1 is 0.524 bits per heavy atom. The molecule has 0 atom stereocenters.